The van der Waals surface area contributed by atoms with E-state index in [-0.39, 0.29) is 11.5 Å². The fourth-order valence-electron chi connectivity index (χ4n) is 4.08. The first-order valence-corrected chi connectivity index (χ1v) is 10.2. The predicted molar refractivity (Wildman–Crippen MR) is 112 cm³/mol. The molecule has 0 unspecified atom stereocenters. The van der Waals surface area contributed by atoms with Crippen LogP contribution in [-0.2, 0) is 11.3 Å². The Labute approximate surface area is 167 Å². The molecule has 4 rings (SSSR count). The molecule has 2 aliphatic rings. The number of carbonyl (C=O) groups excluding carboxylic acids is 1. The van der Waals surface area contributed by atoms with Gasteiger partial charge < -0.3 is 9.74 Å². The van der Waals surface area contributed by atoms with Gasteiger partial charge in [0, 0.05) is 25.1 Å². The molecule has 0 atom stereocenters. The largest absolute Gasteiger partial charge is 0.389 e. The highest BCUT2D eigenvalue weighted by atomic mass is 16.7. The number of hydrogen-bond donors (Lipinski definition) is 0. The number of amides is 1. The number of piperidine rings is 1. The van der Waals surface area contributed by atoms with E-state index in [2.05, 4.69) is 35.5 Å². The molecule has 2 aromatic carbocycles. The smallest absolute Gasteiger partial charge is 0.253 e. The van der Waals surface area contributed by atoms with E-state index < -0.39 is 0 Å². The van der Waals surface area contributed by atoms with Gasteiger partial charge in [-0.25, -0.2) is 0 Å². The van der Waals surface area contributed by atoms with Gasteiger partial charge >= 0.3 is 0 Å². The molecular weight excluding hydrogens is 348 g/mol. The third kappa shape index (κ3) is 4.27. The molecule has 0 spiro atoms. The van der Waals surface area contributed by atoms with Crippen molar-refractivity contribution in [3.05, 3.63) is 71.3 Å². The van der Waals surface area contributed by atoms with Crippen LogP contribution in [0.15, 0.2) is 59.8 Å². The molecule has 2 heterocycles. The van der Waals surface area contributed by atoms with Crippen molar-refractivity contribution in [2.24, 2.45) is 11.1 Å². The van der Waals surface area contributed by atoms with Gasteiger partial charge in [0.25, 0.3) is 5.91 Å². The fourth-order valence-corrected chi connectivity index (χ4v) is 4.08. The average Bonchev–Trinajstić information content (AvgIpc) is 3.09. The van der Waals surface area contributed by atoms with E-state index in [9.17, 15) is 4.79 Å². The standard InChI is InChI=1S/C24H28N2O2/c1-24(2)17-22(25-28-24)20-8-10-21(11-9-20)23(27)26-14-12-19(13-15-26)16-18-6-4-3-5-7-18/h3-11,19H,12-17H2,1-2H3. The predicted octanol–water partition coefficient (Wildman–Crippen LogP) is 4.68. The van der Waals surface area contributed by atoms with Crippen molar-refractivity contribution < 1.29 is 9.63 Å². The Kier molecular flexibility index (Phi) is 5.21. The highest BCUT2D eigenvalue weighted by molar-refractivity contribution is 6.02. The van der Waals surface area contributed by atoms with Gasteiger partial charge in [-0.15, -0.1) is 0 Å². The second kappa shape index (κ2) is 7.78. The van der Waals surface area contributed by atoms with Crippen molar-refractivity contribution in [2.45, 2.75) is 45.1 Å². The Morgan fingerprint density at radius 1 is 1.07 bits per heavy atom. The molecule has 0 N–H and O–H groups in total. The van der Waals surface area contributed by atoms with Crippen LogP contribution in [0.25, 0.3) is 0 Å². The van der Waals surface area contributed by atoms with E-state index in [1.807, 2.05) is 43.0 Å². The summed E-state index contributed by atoms with van der Waals surface area (Å²) >= 11 is 0. The van der Waals surface area contributed by atoms with Gasteiger partial charge in [-0.2, -0.15) is 0 Å². The number of hydrogen-bond acceptors (Lipinski definition) is 3. The number of nitrogens with zero attached hydrogens (tertiary/aromatic N) is 2. The maximum absolute atomic E-state index is 12.9. The molecule has 2 aromatic rings. The zero-order valence-corrected chi connectivity index (χ0v) is 16.7. The zero-order chi connectivity index (χ0) is 19.6. The number of benzene rings is 2. The lowest BCUT2D eigenvalue weighted by molar-refractivity contribution is 0.0123. The Morgan fingerprint density at radius 3 is 2.36 bits per heavy atom. The molecule has 4 heteroatoms. The Hall–Kier alpha value is -2.62. The molecule has 0 saturated carbocycles. The number of rotatable bonds is 4. The summed E-state index contributed by atoms with van der Waals surface area (Å²) in [4.78, 5) is 20.3. The van der Waals surface area contributed by atoms with Crippen molar-refractivity contribution in [3.63, 3.8) is 0 Å². The summed E-state index contributed by atoms with van der Waals surface area (Å²) in [6, 6.07) is 18.5. The minimum Gasteiger partial charge on any atom is -0.389 e. The molecule has 1 saturated heterocycles. The Balaban J connectivity index is 1.33. The quantitative estimate of drug-likeness (QED) is 0.777. The highest BCUT2D eigenvalue weighted by Gasteiger charge is 2.30. The van der Waals surface area contributed by atoms with Gasteiger partial charge in [-0.3, -0.25) is 4.79 Å². The molecule has 0 bridgehead atoms. The van der Waals surface area contributed by atoms with Crippen LogP contribution in [-0.4, -0.2) is 35.2 Å². The van der Waals surface area contributed by atoms with Crippen LogP contribution in [0.5, 0.6) is 0 Å². The van der Waals surface area contributed by atoms with E-state index in [1.165, 1.54) is 5.56 Å². The van der Waals surface area contributed by atoms with Gasteiger partial charge in [0.1, 0.15) is 5.60 Å². The third-order valence-electron chi connectivity index (χ3n) is 5.73. The topological polar surface area (TPSA) is 41.9 Å². The summed E-state index contributed by atoms with van der Waals surface area (Å²) < 4.78 is 0. The lowest BCUT2D eigenvalue weighted by Gasteiger charge is -2.32. The lowest BCUT2D eigenvalue weighted by atomic mass is 9.90. The average molecular weight is 377 g/mol. The maximum Gasteiger partial charge on any atom is 0.253 e. The van der Waals surface area contributed by atoms with Crippen LogP contribution >= 0.6 is 0 Å². The molecule has 0 radical (unpaired) electrons. The minimum atomic E-state index is -0.242. The molecule has 0 aromatic heterocycles. The SMILES string of the molecule is CC1(C)CC(c2ccc(C(=O)N3CCC(Cc4ccccc4)CC3)cc2)=NO1. The van der Waals surface area contributed by atoms with Gasteiger partial charge in [0.2, 0.25) is 0 Å². The molecular formula is C24H28N2O2. The van der Waals surface area contributed by atoms with E-state index in [1.54, 1.807) is 0 Å². The van der Waals surface area contributed by atoms with Crippen LogP contribution in [0, 0.1) is 5.92 Å². The van der Waals surface area contributed by atoms with Crippen molar-refractivity contribution in [1.29, 1.82) is 0 Å². The Morgan fingerprint density at radius 2 is 1.75 bits per heavy atom. The highest BCUT2D eigenvalue weighted by Crippen LogP contribution is 2.26. The summed E-state index contributed by atoms with van der Waals surface area (Å²) in [6.07, 6.45) is 4.04. The summed E-state index contributed by atoms with van der Waals surface area (Å²) in [5, 5.41) is 4.19. The molecule has 0 aliphatic carbocycles. The first-order chi connectivity index (χ1) is 13.5. The van der Waals surface area contributed by atoms with Gasteiger partial charge in [-0.05, 0) is 62.3 Å². The number of oxime groups is 1. The summed E-state index contributed by atoms with van der Waals surface area (Å²) in [6.45, 7) is 5.74. The second-order valence-corrected chi connectivity index (χ2v) is 8.57. The van der Waals surface area contributed by atoms with Crippen LogP contribution in [0.4, 0.5) is 0 Å². The van der Waals surface area contributed by atoms with Gasteiger partial charge in [-0.1, -0.05) is 47.6 Å². The summed E-state index contributed by atoms with van der Waals surface area (Å²) in [5.41, 5.74) is 3.89. The van der Waals surface area contributed by atoms with Crippen LogP contribution in [0.3, 0.4) is 0 Å². The van der Waals surface area contributed by atoms with Crippen molar-refractivity contribution >= 4 is 11.6 Å². The van der Waals surface area contributed by atoms with Gasteiger partial charge in [0.05, 0.1) is 5.71 Å². The normalized spacial score (nSPS) is 19.2. The van der Waals surface area contributed by atoms with E-state index in [0.29, 0.717) is 5.92 Å². The number of carbonyl (C=O) groups is 1. The van der Waals surface area contributed by atoms with Crippen molar-refractivity contribution in [1.82, 2.24) is 4.90 Å². The molecule has 146 valence electrons. The van der Waals surface area contributed by atoms with E-state index in [4.69, 9.17) is 4.84 Å². The second-order valence-electron chi connectivity index (χ2n) is 8.57. The zero-order valence-electron chi connectivity index (χ0n) is 16.7. The Bertz CT molecular complexity index is 848. The molecule has 2 aliphatic heterocycles. The van der Waals surface area contributed by atoms with Crippen LogP contribution in [0.2, 0.25) is 0 Å². The monoisotopic (exact) mass is 376 g/mol. The molecule has 1 fully saturated rings. The number of likely N-dealkylation sites (tertiary alicyclic amines) is 1. The van der Waals surface area contributed by atoms with Gasteiger partial charge in [0.15, 0.2) is 0 Å². The van der Waals surface area contributed by atoms with Crippen molar-refractivity contribution in [3.8, 4) is 0 Å². The van der Waals surface area contributed by atoms with Crippen molar-refractivity contribution in [2.75, 3.05) is 13.1 Å². The van der Waals surface area contributed by atoms with Crippen LogP contribution < -0.4 is 0 Å². The molecule has 1 amide bonds. The maximum atomic E-state index is 12.9. The van der Waals surface area contributed by atoms with Crippen LogP contribution in [0.1, 0.15) is 54.6 Å². The summed E-state index contributed by atoms with van der Waals surface area (Å²) in [7, 11) is 0. The van der Waals surface area contributed by atoms with E-state index in [0.717, 1.165) is 55.6 Å². The summed E-state index contributed by atoms with van der Waals surface area (Å²) in [5.74, 6) is 0.798. The first-order valence-electron chi connectivity index (χ1n) is 10.2. The third-order valence-corrected chi connectivity index (χ3v) is 5.73. The lowest BCUT2D eigenvalue weighted by Crippen LogP contribution is -2.38. The fraction of sp³-hybridized carbons (Fsp3) is 0.417. The first kappa shape index (κ1) is 18.7. The van der Waals surface area contributed by atoms with E-state index >= 15 is 0 Å². The minimum absolute atomic E-state index is 0.134. The molecule has 28 heavy (non-hydrogen) atoms. The molecule has 4 nitrogen and oxygen atoms in total.